The molecule has 1 aliphatic rings. The van der Waals surface area contributed by atoms with Crippen LogP contribution in [0.25, 0.3) is 0 Å². The van der Waals surface area contributed by atoms with Gasteiger partial charge in [-0.1, -0.05) is 0 Å². The van der Waals surface area contributed by atoms with Crippen molar-refractivity contribution in [2.45, 2.75) is 18.3 Å². The lowest BCUT2D eigenvalue weighted by Crippen LogP contribution is -2.38. The molecule has 0 saturated heterocycles. The summed E-state index contributed by atoms with van der Waals surface area (Å²) in [6, 6.07) is -1.42. The molecule has 0 aliphatic carbocycles. The second kappa shape index (κ2) is 3.17. The van der Waals surface area contributed by atoms with Crippen molar-refractivity contribution in [1.82, 2.24) is 0 Å². The van der Waals surface area contributed by atoms with Crippen LogP contribution in [0, 0.1) is 0 Å². The largest absolute Gasteiger partial charge is 0.480 e. The van der Waals surface area contributed by atoms with Crippen LogP contribution in [-0.4, -0.2) is 35.2 Å². The number of nitrogens with zero attached hydrogens (tertiary/aromatic N) is 2. The third-order valence-electron chi connectivity index (χ3n) is 1.47. The number of carboxylic acids is 1. The minimum absolute atomic E-state index is 0.602. The zero-order valence-corrected chi connectivity index (χ0v) is 6.44. The average molecular weight is 191 g/mol. The molecular formula is C6H7F2N3O2. The van der Waals surface area contributed by atoms with E-state index in [2.05, 4.69) is 9.98 Å². The Labute approximate surface area is 72.0 Å². The predicted molar refractivity (Wildman–Crippen MR) is 41.1 cm³/mol. The lowest BCUT2D eigenvalue weighted by Gasteiger charge is -2.14. The first-order valence-electron chi connectivity index (χ1n) is 3.41. The van der Waals surface area contributed by atoms with Gasteiger partial charge in [-0.25, -0.2) is 9.38 Å². The average Bonchev–Trinajstić information content (AvgIpc) is 2.30. The first-order chi connectivity index (χ1) is 5.93. The van der Waals surface area contributed by atoms with Gasteiger partial charge in [0.05, 0.1) is 6.21 Å². The van der Waals surface area contributed by atoms with Crippen LogP contribution in [0.2, 0.25) is 0 Å². The Hall–Kier alpha value is -1.37. The molecule has 0 amide bonds. The lowest BCUT2D eigenvalue weighted by molar-refractivity contribution is -0.139. The van der Waals surface area contributed by atoms with Crippen LogP contribution >= 0.6 is 0 Å². The van der Waals surface area contributed by atoms with Crippen LogP contribution < -0.4 is 5.73 Å². The second-order valence-corrected chi connectivity index (χ2v) is 2.61. The zero-order chi connectivity index (χ0) is 10.1. The summed E-state index contributed by atoms with van der Waals surface area (Å²) in [5.41, 5.74) is 5.03. The Morgan fingerprint density at radius 3 is 2.85 bits per heavy atom. The van der Waals surface area contributed by atoms with Crippen LogP contribution in [0.15, 0.2) is 9.98 Å². The molecule has 1 aliphatic heterocycles. The molecule has 0 aromatic rings. The molecular weight excluding hydrogens is 184 g/mol. The molecule has 2 unspecified atom stereocenters. The molecule has 0 aromatic carbocycles. The summed E-state index contributed by atoms with van der Waals surface area (Å²) in [7, 11) is 0. The molecule has 5 nitrogen and oxygen atoms in total. The van der Waals surface area contributed by atoms with Gasteiger partial charge in [0.15, 0.2) is 0 Å². The number of carboxylic acid groups (broad SMARTS) is 1. The summed E-state index contributed by atoms with van der Waals surface area (Å²) in [5.74, 6) is -3.78. The van der Waals surface area contributed by atoms with E-state index in [-0.39, 0.29) is 0 Å². The number of amidine groups is 1. The van der Waals surface area contributed by atoms with Gasteiger partial charge in [-0.3, -0.25) is 4.79 Å². The zero-order valence-electron chi connectivity index (χ0n) is 6.44. The normalized spacial score (nSPS) is 28.7. The molecule has 3 N–H and O–H groups in total. The van der Waals surface area contributed by atoms with E-state index in [1.807, 2.05) is 0 Å². The van der Waals surface area contributed by atoms with Gasteiger partial charge < -0.3 is 10.8 Å². The summed E-state index contributed by atoms with van der Waals surface area (Å²) in [6.45, 7) is 0. The predicted octanol–water partition coefficient (Wildman–Crippen LogP) is -0.136. The first-order valence-corrected chi connectivity index (χ1v) is 3.41. The number of rotatable bonds is 3. The molecule has 0 radical (unpaired) electrons. The number of aliphatic carboxylic acids is 1. The monoisotopic (exact) mass is 191 g/mol. The molecule has 1 rings (SSSR count). The van der Waals surface area contributed by atoms with E-state index in [1.165, 1.54) is 0 Å². The topological polar surface area (TPSA) is 88.0 Å². The maximum absolute atomic E-state index is 13.3. The van der Waals surface area contributed by atoms with E-state index in [0.29, 0.717) is 6.21 Å². The first kappa shape index (κ1) is 9.72. The van der Waals surface area contributed by atoms with Gasteiger partial charge in [-0.2, -0.15) is 9.38 Å². The highest BCUT2D eigenvalue weighted by atomic mass is 19.2. The lowest BCUT2D eigenvalue weighted by atomic mass is 10.1. The molecule has 2 atom stereocenters. The number of nitrogens with two attached hydrogens (primary N) is 1. The Morgan fingerprint density at radius 1 is 1.85 bits per heavy atom. The minimum Gasteiger partial charge on any atom is -0.480 e. The van der Waals surface area contributed by atoms with Crippen LogP contribution in [0.4, 0.5) is 8.78 Å². The number of halogens is 2. The van der Waals surface area contributed by atoms with Gasteiger partial charge in [-0.15, -0.1) is 0 Å². The van der Waals surface area contributed by atoms with E-state index in [4.69, 9.17) is 10.8 Å². The molecule has 0 spiro atoms. The van der Waals surface area contributed by atoms with E-state index >= 15 is 0 Å². The molecule has 0 aromatic heterocycles. The number of aliphatic imine (C=N–C) groups is 2. The van der Waals surface area contributed by atoms with Crippen LogP contribution in [-0.2, 0) is 4.79 Å². The third kappa shape index (κ3) is 2.28. The SMILES string of the molecule is NC(CC1(F)C=NC(F)=N1)C(=O)O. The highest BCUT2D eigenvalue weighted by Gasteiger charge is 2.35. The van der Waals surface area contributed by atoms with Crippen molar-refractivity contribution in [2.75, 3.05) is 0 Å². The summed E-state index contributed by atoms with van der Waals surface area (Å²) in [4.78, 5) is 16.0. The van der Waals surface area contributed by atoms with E-state index in [1.54, 1.807) is 0 Å². The molecule has 0 saturated carbocycles. The number of alkyl halides is 1. The van der Waals surface area contributed by atoms with Crippen molar-refractivity contribution in [1.29, 1.82) is 0 Å². The Kier molecular flexibility index (Phi) is 2.37. The summed E-state index contributed by atoms with van der Waals surface area (Å²) in [6.07, 6.45) is -1.23. The Balaban J connectivity index is 2.65. The van der Waals surface area contributed by atoms with Crippen LogP contribution in [0.1, 0.15) is 6.42 Å². The number of carbonyl (C=O) groups is 1. The quantitative estimate of drug-likeness (QED) is 0.608. The van der Waals surface area contributed by atoms with Crippen LogP contribution in [0.3, 0.4) is 0 Å². The van der Waals surface area contributed by atoms with Gasteiger partial charge in [0.1, 0.15) is 6.04 Å². The summed E-state index contributed by atoms with van der Waals surface area (Å²) < 4.78 is 25.4. The van der Waals surface area contributed by atoms with Gasteiger partial charge >= 0.3 is 12.1 Å². The Morgan fingerprint density at radius 2 is 2.46 bits per heavy atom. The third-order valence-corrected chi connectivity index (χ3v) is 1.47. The maximum atomic E-state index is 13.3. The van der Waals surface area contributed by atoms with E-state index in [9.17, 15) is 13.6 Å². The molecule has 72 valence electrons. The second-order valence-electron chi connectivity index (χ2n) is 2.61. The van der Waals surface area contributed by atoms with Gasteiger partial charge in [-0.05, 0) is 0 Å². The number of hydrogen-bond donors (Lipinski definition) is 2. The smallest absolute Gasteiger partial charge is 0.320 e. The summed E-state index contributed by atoms with van der Waals surface area (Å²) in [5, 5.41) is 8.34. The van der Waals surface area contributed by atoms with Gasteiger partial charge in [0.25, 0.3) is 0 Å². The van der Waals surface area contributed by atoms with Crippen molar-refractivity contribution in [3.63, 3.8) is 0 Å². The van der Waals surface area contributed by atoms with Crippen molar-refractivity contribution in [3.8, 4) is 0 Å². The van der Waals surface area contributed by atoms with Crippen molar-refractivity contribution < 1.29 is 18.7 Å². The van der Waals surface area contributed by atoms with E-state index in [0.717, 1.165) is 0 Å². The molecule has 13 heavy (non-hydrogen) atoms. The highest BCUT2D eigenvalue weighted by Crippen LogP contribution is 2.22. The van der Waals surface area contributed by atoms with Crippen molar-refractivity contribution >= 4 is 18.3 Å². The van der Waals surface area contributed by atoms with Gasteiger partial charge in [0.2, 0.25) is 5.79 Å². The van der Waals surface area contributed by atoms with Gasteiger partial charge in [0, 0.05) is 6.42 Å². The molecule has 7 heteroatoms. The minimum atomic E-state index is -2.41. The number of hydrogen-bond acceptors (Lipinski definition) is 4. The van der Waals surface area contributed by atoms with Crippen molar-refractivity contribution in [3.05, 3.63) is 0 Å². The fourth-order valence-corrected chi connectivity index (χ4v) is 0.857. The van der Waals surface area contributed by atoms with Crippen LogP contribution in [0.5, 0.6) is 0 Å². The maximum Gasteiger partial charge on any atom is 0.320 e. The summed E-state index contributed by atoms with van der Waals surface area (Å²) >= 11 is 0. The Bertz CT molecular complexity index is 292. The highest BCUT2D eigenvalue weighted by molar-refractivity contribution is 5.92. The van der Waals surface area contributed by atoms with Crippen molar-refractivity contribution in [2.24, 2.45) is 15.7 Å². The fourth-order valence-electron chi connectivity index (χ4n) is 0.857. The molecule has 0 bridgehead atoms. The van der Waals surface area contributed by atoms with E-state index < -0.39 is 30.3 Å². The molecule has 1 heterocycles. The fraction of sp³-hybridized carbons (Fsp3) is 0.500. The standard InChI is InChI=1S/C6H7F2N3O2/c7-5-10-2-6(8,11-5)1-3(9)4(12)13/h2-3H,1,9H2,(H,12,13). The molecule has 0 fully saturated rings.